The number of rotatable bonds is 8. The first-order valence-electron chi connectivity index (χ1n) is 12.6. The molecule has 1 N–H and O–H groups in total. The Hall–Kier alpha value is -3.71. The summed E-state index contributed by atoms with van der Waals surface area (Å²) in [5.74, 6) is 1.05. The monoisotopic (exact) mass is 484 g/mol. The fourth-order valence-electron chi connectivity index (χ4n) is 4.95. The van der Waals surface area contributed by atoms with Crippen molar-refractivity contribution in [2.24, 2.45) is 0 Å². The van der Waals surface area contributed by atoms with E-state index < -0.39 is 0 Å². The standard InChI is InChI=1S/C29H32N4O3/c34-28-11-10-25(31-28)20-33(18-22-12-15-30-16-13-22)29(35)14-17-32-19-24-8-4-5-9-26(24)36-27(21-32)23-6-2-1-3-7-23/h1-9,12-13,15-16,25,27H,10-11,14,17-21H2,(H,31,34)/t25-,27?/m0/s1. The highest BCUT2D eigenvalue weighted by Gasteiger charge is 2.27. The van der Waals surface area contributed by atoms with Crippen LogP contribution in [0.5, 0.6) is 5.75 Å². The number of carbonyl (C=O) groups is 2. The Labute approximate surface area is 212 Å². The van der Waals surface area contributed by atoms with Crippen LogP contribution in [0.2, 0.25) is 0 Å². The molecule has 2 atom stereocenters. The molecule has 186 valence electrons. The van der Waals surface area contributed by atoms with Crippen molar-refractivity contribution in [3.63, 3.8) is 0 Å². The molecule has 7 heteroatoms. The van der Waals surface area contributed by atoms with Crippen molar-refractivity contribution >= 4 is 11.8 Å². The minimum absolute atomic E-state index is 0.00390. The molecule has 5 rings (SSSR count). The van der Waals surface area contributed by atoms with Gasteiger partial charge in [0.25, 0.3) is 0 Å². The van der Waals surface area contributed by atoms with Crippen LogP contribution in [-0.4, -0.2) is 52.3 Å². The molecule has 1 saturated heterocycles. The van der Waals surface area contributed by atoms with Crippen molar-refractivity contribution in [3.8, 4) is 5.75 Å². The van der Waals surface area contributed by atoms with E-state index in [0.29, 0.717) is 39.0 Å². The Morgan fingerprint density at radius 2 is 1.83 bits per heavy atom. The highest BCUT2D eigenvalue weighted by atomic mass is 16.5. The number of amides is 2. The zero-order chi connectivity index (χ0) is 24.7. The van der Waals surface area contributed by atoms with Crippen molar-refractivity contribution in [3.05, 3.63) is 95.8 Å². The molecule has 7 nitrogen and oxygen atoms in total. The third-order valence-corrected chi connectivity index (χ3v) is 6.87. The van der Waals surface area contributed by atoms with Crippen molar-refractivity contribution in [1.29, 1.82) is 0 Å². The number of hydrogen-bond acceptors (Lipinski definition) is 5. The van der Waals surface area contributed by atoms with Crippen molar-refractivity contribution in [2.75, 3.05) is 19.6 Å². The second-order valence-corrected chi connectivity index (χ2v) is 9.54. The van der Waals surface area contributed by atoms with Gasteiger partial charge in [0, 0.05) is 69.6 Å². The van der Waals surface area contributed by atoms with E-state index in [4.69, 9.17) is 4.74 Å². The van der Waals surface area contributed by atoms with Crippen LogP contribution in [0.15, 0.2) is 79.1 Å². The maximum absolute atomic E-state index is 13.5. The van der Waals surface area contributed by atoms with Crippen LogP contribution < -0.4 is 10.1 Å². The molecule has 2 aliphatic rings. The first-order chi connectivity index (χ1) is 17.6. The number of carbonyl (C=O) groups excluding carboxylic acids is 2. The summed E-state index contributed by atoms with van der Waals surface area (Å²) in [5, 5.41) is 3.00. The van der Waals surface area contributed by atoms with Crippen LogP contribution in [0.3, 0.4) is 0 Å². The molecule has 1 unspecified atom stereocenters. The summed E-state index contributed by atoms with van der Waals surface area (Å²) >= 11 is 0. The predicted octanol–water partition coefficient (Wildman–Crippen LogP) is 3.71. The van der Waals surface area contributed by atoms with Gasteiger partial charge in [-0.25, -0.2) is 0 Å². The second-order valence-electron chi connectivity index (χ2n) is 9.54. The molecule has 0 radical (unpaired) electrons. The lowest BCUT2D eigenvalue weighted by molar-refractivity contribution is -0.133. The Kier molecular flexibility index (Phi) is 7.57. The summed E-state index contributed by atoms with van der Waals surface area (Å²) in [6.45, 7) is 3.09. The number of benzene rings is 2. The highest BCUT2D eigenvalue weighted by Crippen LogP contribution is 2.31. The average molecular weight is 485 g/mol. The number of ether oxygens (including phenoxy) is 1. The largest absolute Gasteiger partial charge is 0.484 e. The molecule has 0 saturated carbocycles. The summed E-state index contributed by atoms with van der Waals surface area (Å²) in [4.78, 5) is 33.5. The maximum atomic E-state index is 13.5. The Morgan fingerprint density at radius 3 is 2.61 bits per heavy atom. The molecule has 2 aliphatic heterocycles. The first-order valence-corrected chi connectivity index (χ1v) is 12.6. The zero-order valence-corrected chi connectivity index (χ0v) is 20.4. The summed E-state index contributed by atoms with van der Waals surface area (Å²) in [6, 6.07) is 22.3. The van der Waals surface area contributed by atoms with Gasteiger partial charge in [-0.15, -0.1) is 0 Å². The van der Waals surface area contributed by atoms with Crippen LogP contribution in [0.25, 0.3) is 0 Å². The maximum Gasteiger partial charge on any atom is 0.224 e. The molecule has 3 heterocycles. The summed E-state index contributed by atoms with van der Waals surface area (Å²) < 4.78 is 6.42. The molecule has 2 aromatic carbocycles. The smallest absolute Gasteiger partial charge is 0.224 e. The van der Waals surface area contributed by atoms with E-state index in [1.165, 1.54) is 0 Å². The van der Waals surface area contributed by atoms with Gasteiger partial charge in [0.05, 0.1) is 0 Å². The number of para-hydroxylation sites is 1. The number of nitrogens with zero attached hydrogens (tertiary/aromatic N) is 3. The summed E-state index contributed by atoms with van der Waals surface area (Å²) in [6.07, 6.45) is 5.07. The normalized spacial score (nSPS) is 19.6. The average Bonchev–Trinajstić information content (AvgIpc) is 3.22. The Balaban J connectivity index is 1.29. The molecule has 3 aromatic rings. The molecule has 2 amide bonds. The van der Waals surface area contributed by atoms with Crippen LogP contribution in [0, 0.1) is 0 Å². The lowest BCUT2D eigenvalue weighted by atomic mass is 10.1. The van der Waals surface area contributed by atoms with Gasteiger partial charge in [-0.1, -0.05) is 48.5 Å². The van der Waals surface area contributed by atoms with Crippen molar-refractivity contribution in [1.82, 2.24) is 20.1 Å². The van der Waals surface area contributed by atoms with Gasteiger partial charge in [0.15, 0.2) is 0 Å². The van der Waals surface area contributed by atoms with Crippen LogP contribution in [0.4, 0.5) is 0 Å². The molecular weight excluding hydrogens is 452 g/mol. The minimum Gasteiger partial charge on any atom is -0.484 e. The molecule has 0 aliphatic carbocycles. The topological polar surface area (TPSA) is 74.8 Å². The van der Waals surface area contributed by atoms with E-state index in [2.05, 4.69) is 33.4 Å². The van der Waals surface area contributed by atoms with E-state index >= 15 is 0 Å². The van der Waals surface area contributed by atoms with E-state index in [1.54, 1.807) is 12.4 Å². The van der Waals surface area contributed by atoms with Gasteiger partial charge in [-0.2, -0.15) is 0 Å². The zero-order valence-electron chi connectivity index (χ0n) is 20.4. The number of aromatic nitrogens is 1. The second kappa shape index (κ2) is 11.4. The fraction of sp³-hybridized carbons (Fsp3) is 0.345. The van der Waals surface area contributed by atoms with Crippen molar-refractivity contribution < 1.29 is 14.3 Å². The van der Waals surface area contributed by atoms with Gasteiger partial charge in [-0.05, 0) is 35.7 Å². The Bertz CT molecular complexity index is 1170. The number of nitrogens with one attached hydrogen (secondary N) is 1. The van der Waals surface area contributed by atoms with Crippen LogP contribution >= 0.6 is 0 Å². The third-order valence-electron chi connectivity index (χ3n) is 6.87. The molecule has 1 fully saturated rings. The molecule has 0 bridgehead atoms. The predicted molar refractivity (Wildman–Crippen MR) is 137 cm³/mol. The summed E-state index contributed by atoms with van der Waals surface area (Å²) in [5.41, 5.74) is 3.29. The van der Waals surface area contributed by atoms with Gasteiger partial charge >= 0.3 is 0 Å². The number of fused-ring (bicyclic) bond motifs is 1. The first kappa shape index (κ1) is 24.0. The summed E-state index contributed by atoms with van der Waals surface area (Å²) in [7, 11) is 0. The van der Waals surface area contributed by atoms with Gasteiger partial charge in [-0.3, -0.25) is 19.5 Å². The molecule has 36 heavy (non-hydrogen) atoms. The van der Waals surface area contributed by atoms with Crippen LogP contribution in [0.1, 0.15) is 42.1 Å². The van der Waals surface area contributed by atoms with E-state index in [1.807, 2.05) is 53.4 Å². The SMILES string of the molecule is O=C1CC[C@@H](CN(Cc2ccncc2)C(=O)CCN2Cc3ccccc3OC(c3ccccc3)C2)N1. The van der Waals surface area contributed by atoms with Crippen LogP contribution in [-0.2, 0) is 22.7 Å². The van der Waals surface area contributed by atoms with Gasteiger partial charge < -0.3 is 15.0 Å². The molecular formula is C29H32N4O3. The fourth-order valence-corrected chi connectivity index (χ4v) is 4.95. The highest BCUT2D eigenvalue weighted by molar-refractivity contribution is 5.79. The van der Waals surface area contributed by atoms with E-state index in [0.717, 1.165) is 35.4 Å². The molecule has 0 spiro atoms. The van der Waals surface area contributed by atoms with Gasteiger partial charge in [0.2, 0.25) is 11.8 Å². The van der Waals surface area contributed by atoms with Gasteiger partial charge in [0.1, 0.15) is 11.9 Å². The number of pyridine rings is 1. The van der Waals surface area contributed by atoms with E-state index in [9.17, 15) is 9.59 Å². The van der Waals surface area contributed by atoms with E-state index in [-0.39, 0.29) is 24.0 Å². The quantitative estimate of drug-likeness (QED) is 0.528. The lowest BCUT2D eigenvalue weighted by Crippen LogP contribution is -2.42. The van der Waals surface area contributed by atoms with Crippen molar-refractivity contribution in [2.45, 2.75) is 44.5 Å². The number of hydrogen-bond donors (Lipinski definition) is 1. The molecule has 1 aromatic heterocycles. The lowest BCUT2D eigenvalue weighted by Gasteiger charge is -2.28. The third kappa shape index (κ3) is 6.10. The Morgan fingerprint density at radius 1 is 1.06 bits per heavy atom. The minimum atomic E-state index is -0.105.